The van der Waals surface area contributed by atoms with Crippen molar-refractivity contribution in [1.82, 2.24) is 15.0 Å². The number of piperidine rings is 1. The van der Waals surface area contributed by atoms with E-state index >= 15 is 0 Å². The van der Waals surface area contributed by atoms with Crippen molar-refractivity contribution in [2.75, 3.05) is 29.9 Å². The van der Waals surface area contributed by atoms with Crippen LogP contribution in [-0.2, 0) is 6.54 Å². The van der Waals surface area contributed by atoms with E-state index in [1.54, 1.807) is 6.20 Å². The quantitative estimate of drug-likeness (QED) is 0.738. The number of benzene rings is 1. The predicted octanol–water partition coefficient (Wildman–Crippen LogP) is 2.85. The molecule has 0 atom stereocenters. The van der Waals surface area contributed by atoms with Crippen LogP contribution in [0.1, 0.15) is 18.4 Å². The lowest BCUT2D eigenvalue weighted by atomic mass is 9.97. The first-order valence-corrected chi connectivity index (χ1v) is 9.08. The Morgan fingerprint density at radius 2 is 1.85 bits per heavy atom. The van der Waals surface area contributed by atoms with Gasteiger partial charge in [0.05, 0.1) is 5.39 Å². The van der Waals surface area contributed by atoms with Gasteiger partial charge in [-0.3, -0.25) is 0 Å². The van der Waals surface area contributed by atoms with Crippen molar-refractivity contribution in [3.63, 3.8) is 0 Å². The molecule has 1 aliphatic rings. The first-order valence-electron chi connectivity index (χ1n) is 9.08. The lowest BCUT2D eigenvalue weighted by Gasteiger charge is -2.33. The molecule has 0 bridgehead atoms. The molecule has 3 heterocycles. The van der Waals surface area contributed by atoms with Crippen LogP contribution in [0.15, 0.2) is 48.9 Å². The molecule has 26 heavy (non-hydrogen) atoms. The summed E-state index contributed by atoms with van der Waals surface area (Å²) in [5, 5.41) is 13.6. The highest BCUT2D eigenvalue weighted by Crippen LogP contribution is 2.24. The summed E-state index contributed by atoms with van der Waals surface area (Å²) in [4.78, 5) is 15.2. The Morgan fingerprint density at radius 3 is 2.62 bits per heavy atom. The summed E-state index contributed by atoms with van der Waals surface area (Å²) in [6, 6.07) is 12.5. The van der Waals surface area contributed by atoms with Gasteiger partial charge in [-0.1, -0.05) is 12.1 Å². The van der Waals surface area contributed by atoms with E-state index in [-0.39, 0.29) is 0 Å². The maximum absolute atomic E-state index is 9.26. The molecule has 134 valence electrons. The van der Waals surface area contributed by atoms with E-state index in [1.165, 1.54) is 17.6 Å². The molecule has 1 fully saturated rings. The number of anilines is 2. The van der Waals surface area contributed by atoms with Crippen LogP contribution in [-0.4, -0.2) is 39.8 Å². The van der Waals surface area contributed by atoms with Gasteiger partial charge in [-0.25, -0.2) is 15.0 Å². The number of fused-ring (bicyclic) bond motifs is 1. The molecule has 0 unspecified atom stereocenters. The van der Waals surface area contributed by atoms with Gasteiger partial charge in [0.15, 0.2) is 5.65 Å². The van der Waals surface area contributed by atoms with Crippen LogP contribution < -0.4 is 10.2 Å². The molecule has 0 amide bonds. The molecular formula is C20H23N5O. The van der Waals surface area contributed by atoms with Crippen molar-refractivity contribution in [3.8, 4) is 0 Å². The van der Waals surface area contributed by atoms with Crippen LogP contribution in [0.4, 0.5) is 11.5 Å². The molecule has 1 aliphatic heterocycles. The van der Waals surface area contributed by atoms with E-state index in [0.717, 1.165) is 37.1 Å². The van der Waals surface area contributed by atoms with E-state index < -0.39 is 0 Å². The van der Waals surface area contributed by atoms with Gasteiger partial charge in [0.2, 0.25) is 0 Å². The summed E-state index contributed by atoms with van der Waals surface area (Å²) >= 11 is 0. The van der Waals surface area contributed by atoms with Gasteiger partial charge in [-0.15, -0.1) is 0 Å². The largest absolute Gasteiger partial charge is 0.396 e. The Hall–Kier alpha value is -2.73. The molecule has 0 aliphatic carbocycles. The number of hydrogen-bond donors (Lipinski definition) is 2. The number of aliphatic hydroxyl groups is 1. The van der Waals surface area contributed by atoms with E-state index in [2.05, 4.69) is 49.4 Å². The maximum Gasteiger partial charge on any atom is 0.164 e. The third-order valence-electron chi connectivity index (χ3n) is 5.04. The Bertz CT molecular complexity index is 854. The molecule has 2 aromatic heterocycles. The lowest BCUT2D eigenvalue weighted by Crippen LogP contribution is -2.34. The normalized spacial score (nSPS) is 15.3. The van der Waals surface area contributed by atoms with Crippen LogP contribution in [0.5, 0.6) is 0 Å². The van der Waals surface area contributed by atoms with Gasteiger partial charge in [-0.2, -0.15) is 0 Å². The average Bonchev–Trinajstić information content (AvgIpc) is 2.73. The smallest absolute Gasteiger partial charge is 0.164 e. The molecule has 0 spiro atoms. The summed E-state index contributed by atoms with van der Waals surface area (Å²) < 4.78 is 0. The van der Waals surface area contributed by atoms with Crippen LogP contribution in [0.3, 0.4) is 0 Å². The summed E-state index contributed by atoms with van der Waals surface area (Å²) in [7, 11) is 0. The van der Waals surface area contributed by atoms with Crippen molar-refractivity contribution in [1.29, 1.82) is 0 Å². The number of nitrogens with one attached hydrogen (secondary N) is 1. The Balaban J connectivity index is 1.40. The molecule has 3 aromatic rings. The summed E-state index contributed by atoms with van der Waals surface area (Å²) in [5.74, 6) is 1.27. The van der Waals surface area contributed by atoms with Crippen molar-refractivity contribution in [3.05, 3.63) is 54.5 Å². The minimum Gasteiger partial charge on any atom is -0.396 e. The van der Waals surface area contributed by atoms with E-state index in [4.69, 9.17) is 0 Å². The van der Waals surface area contributed by atoms with Crippen molar-refractivity contribution in [2.24, 2.45) is 5.92 Å². The van der Waals surface area contributed by atoms with Crippen LogP contribution in [0.2, 0.25) is 0 Å². The number of nitrogens with zero attached hydrogens (tertiary/aromatic N) is 4. The molecule has 0 saturated carbocycles. The zero-order valence-electron chi connectivity index (χ0n) is 14.7. The van der Waals surface area contributed by atoms with Crippen molar-refractivity contribution >= 4 is 22.5 Å². The topological polar surface area (TPSA) is 74.2 Å². The van der Waals surface area contributed by atoms with Crippen LogP contribution in [0.25, 0.3) is 11.0 Å². The zero-order valence-corrected chi connectivity index (χ0v) is 14.7. The van der Waals surface area contributed by atoms with Gasteiger partial charge >= 0.3 is 0 Å². The fourth-order valence-electron chi connectivity index (χ4n) is 3.42. The van der Waals surface area contributed by atoms with E-state index in [0.29, 0.717) is 24.7 Å². The molecule has 6 heteroatoms. The lowest BCUT2D eigenvalue weighted by molar-refractivity contribution is 0.203. The molecule has 4 rings (SSSR count). The van der Waals surface area contributed by atoms with Crippen LogP contribution >= 0.6 is 0 Å². The number of aromatic nitrogens is 3. The van der Waals surface area contributed by atoms with Crippen LogP contribution in [0, 0.1) is 5.92 Å². The monoisotopic (exact) mass is 349 g/mol. The molecule has 1 aromatic carbocycles. The second kappa shape index (κ2) is 7.66. The summed E-state index contributed by atoms with van der Waals surface area (Å²) in [5.41, 5.74) is 3.16. The first-order chi connectivity index (χ1) is 12.8. The van der Waals surface area contributed by atoms with E-state index in [1.807, 2.05) is 12.1 Å². The Labute approximate surface area is 152 Å². The minimum atomic E-state index is 0.311. The Morgan fingerprint density at radius 1 is 1.04 bits per heavy atom. The first kappa shape index (κ1) is 16.7. The van der Waals surface area contributed by atoms with Gasteiger partial charge < -0.3 is 15.3 Å². The van der Waals surface area contributed by atoms with E-state index in [9.17, 15) is 5.11 Å². The standard InChI is InChI=1S/C20H23N5O/c26-13-16-7-10-25(11-8-16)17-5-3-15(4-6-17)12-22-20-18-2-1-9-21-19(18)23-14-24-20/h1-6,9,14,16,26H,7-8,10-13H2,(H,21,22,23,24). The third kappa shape index (κ3) is 3.60. The molecular weight excluding hydrogens is 326 g/mol. The van der Waals surface area contributed by atoms with Gasteiger partial charge in [0.25, 0.3) is 0 Å². The predicted molar refractivity (Wildman–Crippen MR) is 103 cm³/mol. The fraction of sp³-hybridized carbons (Fsp3) is 0.350. The second-order valence-electron chi connectivity index (χ2n) is 6.73. The summed E-state index contributed by atoms with van der Waals surface area (Å²) in [6.07, 6.45) is 5.40. The second-order valence-corrected chi connectivity index (χ2v) is 6.73. The zero-order chi connectivity index (χ0) is 17.8. The highest BCUT2D eigenvalue weighted by molar-refractivity contribution is 5.85. The Kier molecular flexibility index (Phi) is 4.93. The maximum atomic E-state index is 9.26. The van der Waals surface area contributed by atoms with Gasteiger partial charge in [0, 0.05) is 38.1 Å². The fourth-order valence-corrected chi connectivity index (χ4v) is 3.42. The summed E-state index contributed by atoms with van der Waals surface area (Å²) in [6.45, 7) is 3.05. The minimum absolute atomic E-state index is 0.311. The SMILES string of the molecule is OCC1CCN(c2ccc(CNc3ncnc4ncccc34)cc2)CC1. The van der Waals surface area contributed by atoms with Gasteiger partial charge in [-0.05, 0) is 48.6 Å². The van der Waals surface area contributed by atoms with Gasteiger partial charge in [0.1, 0.15) is 12.1 Å². The van der Waals surface area contributed by atoms with Crippen molar-refractivity contribution in [2.45, 2.75) is 19.4 Å². The number of hydrogen-bond acceptors (Lipinski definition) is 6. The number of rotatable bonds is 5. The number of aliphatic hydroxyl groups excluding tert-OH is 1. The molecule has 0 radical (unpaired) electrons. The molecule has 6 nitrogen and oxygen atoms in total. The third-order valence-corrected chi connectivity index (χ3v) is 5.04. The highest BCUT2D eigenvalue weighted by atomic mass is 16.3. The molecule has 1 saturated heterocycles. The average molecular weight is 349 g/mol. The molecule has 2 N–H and O–H groups in total. The van der Waals surface area contributed by atoms with Crippen molar-refractivity contribution < 1.29 is 5.11 Å². The highest BCUT2D eigenvalue weighted by Gasteiger charge is 2.18. The number of pyridine rings is 1.